The summed E-state index contributed by atoms with van der Waals surface area (Å²) in [6.45, 7) is 4.73. The summed E-state index contributed by atoms with van der Waals surface area (Å²) in [5.74, 6) is 0.582. The molecular weight excluding hydrogens is 487 g/mol. The van der Waals surface area contributed by atoms with Gasteiger partial charge in [-0.25, -0.2) is 0 Å². The molecule has 1 atom stereocenters. The highest BCUT2D eigenvalue weighted by Crippen LogP contribution is 2.25. The molecule has 0 spiro atoms. The molecule has 0 radical (unpaired) electrons. The van der Waals surface area contributed by atoms with E-state index in [1.165, 1.54) is 0 Å². The molecule has 0 bridgehead atoms. The summed E-state index contributed by atoms with van der Waals surface area (Å²) in [7, 11) is 0. The third kappa shape index (κ3) is 8.86. The van der Waals surface area contributed by atoms with Gasteiger partial charge in [0.1, 0.15) is 6.04 Å². The van der Waals surface area contributed by atoms with Crippen LogP contribution in [0.1, 0.15) is 45.1 Å². The lowest BCUT2D eigenvalue weighted by Gasteiger charge is -2.29. The molecule has 2 amide bonds. The Morgan fingerprint density at radius 2 is 1.75 bits per heavy atom. The molecule has 2 aromatic carbocycles. The Hall–Kier alpha value is -1.40. The number of carbonyl (C=O) groups is 2. The average Bonchev–Trinajstić information content (AvgIpc) is 2.78. The van der Waals surface area contributed by atoms with Crippen molar-refractivity contribution < 1.29 is 9.59 Å². The van der Waals surface area contributed by atoms with Gasteiger partial charge in [-0.15, -0.1) is 11.8 Å². The Balaban J connectivity index is 2.00. The fourth-order valence-electron chi connectivity index (χ4n) is 3.04. The van der Waals surface area contributed by atoms with Crippen molar-refractivity contribution in [3.63, 3.8) is 0 Å². The van der Waals surface area contributed by atoms with E-state index in [1.807, 2.05) is 30.3 Å². The first-order valence-corrected chi connectivity index (χ1v) is 12.8. The predicted molar refractivity (Wildman–Crippen MR) is 136 cm³/mol. The topological polar surface area (TPSA) is 49.4 Å². The zero-order valence-corrected chi connectivity index (χ0v) is 21.5. The van der Waals surface area contributed by atoms with E-state index in [0.717, 1.165) is 29.1 Å². The maximum atomic E-state index is 13.1. The first kappa shape index (κ1) is 26.8. The van der Waals surface area contributed by atoms with E-state index in [-0.39, 0.29) is 11.8 Å². The van der Waals surface area contributed by atoms with Crippen LogP contribution in [0.25, 0.3) is 0 Å². The number of unbranched alkanes of at least 4 members (excludes halogenated alkanes) is 1. The van der Waals surface area contributed by atoms with E-state index in [2.05, 4.69) is 12.2 Å². The molecule has 1 N–H and O–H groups in total. The molecular formula is C24H29Cl3N2O2S. The van der Waals surface area contributed by atoms with Gasteiger partial charge >= 0.3 is 0 Å². The van der Waals surface area contributed by atoms with Crippen molar-refractivity contribution in [3.8, 4) is 0 Å². The van der Waals surface area contributed by atoms with Crippen LogP contribution in [0.2, 0.25) is 15.1 Å². The van der Waals surface area contributed by atoms with Crippen molar-refractivity contribution in [2.45, 2.75) is 57.0 Å². The second kappa shape index (κ2) is 14.0. The lowest BCUT2D eigenvalue weighted by molar-refractivity contribution is -0.140. The predicted octanol–water partition coefficient (Wildman–Crippen LogP) is 6.85. The molecule has 0 aliphatic carbocycles. The van der Waals surface area contributed by atoms with Crippen molar-refractivity contribution >= 4 is 58.4 Å². The summed E-state index contributed by atoms with van der Waals surface area (Å²) in [4.78, 5) is 28.5. The lowest BCUT2D eigenvalue weighted by Crippen LogP contribution is -2.47. The number of rotatable bonds is 12. The molecule has 174 valence electrons. The summed E-state index contributed by atoms with van der Waals surface area (Å²) in [5, 5.41) is 4.51. The summed E-state index contributed by atoms with van der Waals surface area (Å²) < 4.78 is 0. The monoisotopic (exact) mass is 514 g/mol. The Labute approximate surface area is 210 Å². The maximum absolute atomic E-state index is 13.1. The van der Waals surface area contributed by atoms with Crippen molar-refractivity contribution in [2.24, 2.45) is 0 Å². The molecule has 2 aromatic rings. The molecule has 8 heteroatoms. The lowest BCUT2D eigenvalue weighted by atomic mass is 10.1. The molecule has 0 unspecified atom stereocenters. The maximum Gasteiger partial charge on any atom is 0.242 e. The van der Waals surface area contributed by atoms with E-state index < -0.39 is 6.04 Å². The summed E-state index contributed by atoms with van der Waals surface area (Å²) in [5.41, 5.74) is 0.830. The molecule has 0 fully saturated rings. The van der Waals surface area contributed by atoms with E-state index in [9.17, 15) is 9.59 Å². The third-order valence-corrected chi connectivity index (χ3v) is 7.04. The molecule has 4 nitrogen and oxygen atoms in total. The van der Waals surface area contributed by atoms with Gasteiger partial charge in [0.2, 0.25) is 11.8 Å². The minimum Gasteiger partial charge on any atom is -0.354 e. The Morgan fingerprint density at radius 1 is 1.03 bits per heavy atom. The molecule has 0 saturated heterocycles. The zero-order chi connectivity index (χ0) is 23.5. The highest BCUT2D eigenvalue weighted by molar-refractivity contribution is 7.99. The Morgan fingerprint density at radius 3 is 2.41 bits per heavy atom. The minimum atomic E-state index is -0.585. The number of nitrogens with one attached hydrogen (secondary N) is 1. The number of benzene rings is 2. The van der Waals surface area contributed by atoms with Gasteiger partial charge in [-0.2, -0.15) is 0 Å². The number of hydrogen-bond donors (Lipinski definition) is 1. The summed E-state index contributed by atoms with van der Waals surface area (Å²) in [6.07, 6.45) is 2.95. The number of thioether (sulfide) groups is 1. The van der Waals surface area contributed by atoms with Gasteiger partial charge in [0.05, 0.1) is 10.0 Å². The van der Waals surface area contributed by atoms with Crippen molar-refractivity contribution in [1.29, 1.82) is 0 Å². The van der Waals surface area contributed by atoms with E-state index in [4.69, 9.17) is 34.8 Å². The second-order valence-electron chi connectivity index (χ2n) is 7.50. The quantitative estimate of drug-likeness (QED) is 0.248. The number of hydrogen-bond acceptors (Lipinski definition) is 3. The molecule has 0 heterocycles. The fourth-order valence-corrected chi connectivity index (χ4v) is 4.34. The van der Waals surface area contributed by atoms with Gasteiger partial charge in [-0.05, 0) is 67.5 Å². The zero-order valence-electron chi connectivity index (χ0n) is 18.4. The van der Waals surface area contributed by atoms with Crippen LogP contribution in [0.5, 0.6) is 0 Å². The number of amides is 2. The van der Waals surface area contributed by atoms with Crippen LogP contribution in [0.3, 0.4) is 0 Å². The van der Waals surface area contributed by atoms with E-state index in [0.29, 0.717) is 41.0 Å². The van der Waals surface area contributed by atoms with Gasteiger partial charge < -0.3 is 10.2 Å². The van der Waals surface area contributed by atoms with Crippen molar-refractivity contribution in [2.75, 3.05) is 12.3 Å². The molecule has 0 aliphatic rings. The van der Waals surface area contributed by atoms with E-state index in [1.54, 1.807) is 35.7 Å². The Bertz CT molecular complexity index is 893. The number of nitrogens with zero attached hydrogens (tertiary/aromatic N) is 1. The minimum absolute atomic E-state index is 0.0640. The molecule has 0 aliphatic heterocycles. The van der Waals surface area contributed by atoms with Gasteiger partial charge in [0.25, 0.3) is 0 Å². The number of carbonyl (C=O) groups excluding carboxylic acids is 2. The van der Waals surface area contributed by atoms with Crippen LogP contribution in [-0.4, -0.2) is 35.1 Å². The van der Waals surface area contributed by atoms with E-state index >= 15 is 0 Å². The summed E-state index contributed by atoms with van der Waals surface area (Å²) in [6, 6.07) is 12.3. The van der Waals surface area contributed by atoms with Crippen molar-refractivity contribution in [1.82, 2.24) is 10.2 Å². The summed E-state index contributed by atoms with van der Waals surface area (Å²) >= 11 is 19.8. The first-order valence-electron chi connectivity index (χ1n) is 10.7. The first-order chi connectivity index (χ1) is 15.3. The van der Waals surface area contributed by atoms with Crippen LogP contribution in [0, 0.1) is 0 Å². The van der Waals surface area contributed by atoms with Crippen LogP contribution in [-0.2, 0) is 16.1 Å². The molecule has 32 heavy (non-hydrogen) atoms. The standard InChI is InChI=1S/C24H29Cl3N2O2S/c1-3-4-13-28-24(31)17(2)29(16-18-7-12-21(26)22(27)15-18)23(30)6-5-14-32-20-10-8-19(25)9-11-20/h7-12,15,17H,3-6,13-14,16H2,1-2H3,(H,28,31)/t17-/m1/s1. The average molecular weight is 516 g/mol. The second-order valence-corrected chi connectivity index (χ2v) is 9.92. The third-order valence-electron chi connectivity index (χ3n) is 4.95. The Kier molecular flexibility index (Phi) is 11.7. The molecule has 2 rings (SSSR count). The highest BCUT2D eigenvalue weighted by Gasteiger charge is 2.25. The van der Waals surface area contributed by atoms with Crippen LogP contribution < -0.4 is 5.32 Å². The normalized spacial score (nSPS) is 11.8. The van der Waals surface area contributed by atoms with Crippen LogP contribution in [0.4, 0.5) is 0 Å². The molecule has 0 aromatic heterocycles. The molecule has 0 saturated carbocycles. The van der Waals surface area contributed by atoms with Crippen LogP contribution >= 0.6 is 46.6 Å². The van der Waals surface area contributed by atoms with Crippen LogP contribution in [0.15, 0.2) is 47.4 Å². The SMILES string of the molecule is CCCCNC(=O)[C@@H](C)N(Cc1ccc(Cl)c(Cl)c1)C(=O)CCCSc1ccc(Cl)cc1. The van der Waals surface area contributed by atoms with Gasteiger partial charge in [0, 0.05) is 29.4 Å². The highest BCUT2D eigenvalue weighted by atomic mass is 35.5. The van der Waals surface area contributed by atoms with Gasteiger partial charge in [-0.3, -0.25) is 9.59 Å². The smallest absolute Gasteiger partial charge is 0.242 e. The number of halogens is 3. The van der Waals surface area contributed by atoms with Crippen molar-refractivity contribution in [3.05, 3.63) is 63.1 Å². The largest absolute Gasteiger partial charge is 0.354 e. The fraction of sp³-hybridized carbons (Fsp3) is 0.417. The van der Waals surface area contributed by atoms with Gasteiger partial charge in [-0.1, -0.05) is 54.2 Å². The van der Waals surface area contributed by atoms with Gasteiger partial charge in [0.15, 0.2) is 0 Å².